The number of fused-ring (bicyclic) bond motifs is 1. The number of benzene rings is 1. The predicted molar refractivity (Wildman–Crippen MR) is 80.8 cm³/mol. The van der Waals surface area contributed by atoms with Crippen molar-refractivity contribution in [1.29, 1.82) is 0 Å². The highest BCUT2D eigenvalue weighted by Crippen LogP contribution is 2.44. The molecule has 2 aliphatic rings. The fraction of sp³-hybridized carbons (Fsp3) is 0.529. The summed E-state index contributed by atoms with van der Waals surface area (Å²) in [6, 6.07) is 6.17. The standard InChI is InChI=1S/C17H22NO3/c1-18-9-8-17(7-6-13(19)11-16(17)18)12-4-5-14(20-2)15(10-12)21-3/h4-5,10H,6-9,11H2,1-3H3/q+1/t17-/m0/s1. The van der Waals surface area contributed by atoms with Gasteiger partial charge in [-0.2, -0.15) is 0 Å². The lowest BCUT2D eigenvalue weighted by Gasteiger charge is -2.31. The first kappa shape index (κ1) is 14.1. The van der Waals surface area contributed by atoms with Crippen LogP contribution < -0.4 is 9.47 Å². The second kappa shape index (κ2) is 5.17. The van der Waals surface area contributed by atoms with Gasteiger partial charge in [0.2, 0.25) is 0 Å². The van der Waals surface area contributed by atoms with Crippen LogP contribution in [0.5, 0.6) is 11.5 Å². The van der Waals surface area contributed by atoms with E-state index in [2.05, 4.69) is 23.8 Å². The number of ether oxygens (including phenoxy) is 2. The highest BCUT2D eigenvalue weighted by atomic mass is 16.5. The number of Topliss-reactive ketones (excluding diaryl/α,β-unsaturated/α-hetero) is 1. The van der Waals surface area contributed by atoms with Gasteiger partial charge in [0.1, 0.15) is 19.4 Å². The molecule has 1 saturated carbocycles. The molecule has 0 spiro atoms. The first-order valence-electron chi connectivity index (χ1n) is 7.42. The molecule has 0 unspecified atom stereocenters. The Morgan fingerprint density at radius 1 is 1.14 bits per heavy atom. The molecule has 4 nitrogen and oxygen atoms in total. The van der Waals surface area contributed by atoms with E-state index in [0.29, 0.717) is 18.6 Å². The first-order chi connectivity index (χ1) is 10.1. The number of rotatable bonds is 3. The van der Waals surface area contributed by atoms with Crippen molar-refractivity contribution < 1.29 is 18.8 Å². The monoisotopic (exact) mass is 288 g/mol. The van der Waals surface area contributed by atoms with E-state index >= 15 is 0 Å². The predicted octanol–water partition coefficient (Wildman–Crippen LogP) is 2.18. The fourth-order valence-corrected chi connectivity index (χ4v) is 3.79. The van der Waals surface area contributed by atoms with Crippen molar-refractivity contribution in [3.05, 3.63) is 23.8 Å². The van der Waals surface area contributed by atoms with Gasteiger partial charge in [0.05, 0.1) is 26.1 Å². The molecular formula is C17H22NO3+. The quantitative estimate of drug-likeness (QED) is 0.800. The summed E-state index contributed by atoms with van der Waals surface area (Å²) in [5.41, 5.74) is 2.51. The van der Waals surface area contributed by atoms with E-state index in [0.717, 1.165) is 30.9 Å². The largest absolute Gasteiger partial charge is 0.493 e. The van der Waals surface area contributed by atoms with Gasteiger partial charge in [0.15, 0.2) is 17.2 Å². The summed E-state index contributed by atoms with van der Waals surface area (Å²) in [7, 11) is 5.40. The Balaban J connectivity index is 2.08. The van der Waals surface area contributed by atoms with Crippen molar-refractivity contribution in [3.63, 3.8) is 0 Å². The van der Waals surface area contributed by atoms with Gasteiger partial charge in [-0.25, -0.2) is 4.58 Å². The maximum Gasteiger partial charge on any atom is 0.170 e. The van der Waals surface area contributed by atoms with Crippen LogP contribution in [-0.4, -0.2) is 43.9 Å². The highest BCUT2D eigenvalue weighted by molar-refractivity contribution is 6.08. The molecule has 1 aromatic carbocycles. The Bertz CT molecular complexity index is 620. The summed E-state index contributed by atoms with van der Waals surface area (Å²) >= 11 is 0. The SMILES string of the molecule is COc1ccc([C@@]23CCC(=O)CC2=[N+](C)CC3)cc1OC. The van der Waals surface area contributed by atoms with E-state index in [9.17, 15) is 4.79 Å². The highest BCUT2D eigenvalue weighted by Gasteiger charge is 2.51. The lowest BCUT2D eigenvalue weighted by molar-refractivity contribution is -0.489. The Morgan fingerprint density at radius 2 is 1.90 bits per heavy atom. The van der Waals surface area contributed by atoms with E-state index < -0.39 is 0 Å². The Hall–Kier alpha value is -1.84. The number of methoxy groups -OCH3 is 2. The third kappa shape index (κ3) is 2.13. The molecule has 0 N–H and O–H groups in total. The van der Waals surface area contributed by atoms with Gasteiger partial charge < -0.3 is 9.47 Å². The van der Waals surface area contributed by atoms with Gasteiger partial charge >= 0.3 is 0 Å². The molecular weight excluding hydrogens is 266 g/mol. The van der Waals surface area contributed by atoms with Crippen molar-refractivity contribution in [2.75, 3.05) is 27.8 Å². The Kier molecular flexibility index (Phi) is 3.47. The van der Waals surface area contributed by atoms with Gasteiger partial charge in [-0.1, -0.05) is 6.07 Å². The van der Waals surface area contributed by atoms with E-state index in [-0.39, 0.29) is 5.41 Å². The zero-order chi connectivity index (χ0) is 15.0. The number of carbonyl (C=O) groups is 1. The van der Waals surface area contributed by atoms with Crippen LogP contribution in [0.15, 0.2) is 18.2 Å². The third-order valence-electron chi connectivity index (χ3n) is 5.02. The molecule has 0 amide bonds. The van der Waals surface area contributed by atoms with Crippen LogP contribution >= 0.6 is 0 Å². The van der Waals surface area contributed by atoms with E-state index in [4.69, 9.17) is 9.47 Å². The van der Waals surface area contributed by atoms with Crippen LogP contribution in [0.2, 0.25) is 0 Å². The number of hydrogen-bond donors (Lipinski definition) is 0. The second-order valence-corrected chi connectivity index (χ2v) is 5.99. The molecule has 1 aliphatic heterocycles. The molecule has 0 radical (unpaired) electrons. The van der Waals surface area contributed by atoms with Crippen LogP contribution in [0.25, 0.3) is 0 Å². The van der Waals surface area contributed by atoms with Crippen LogP contribution in [0, 0.1) is 0 Å². The van der Waals surface area contributed by atoms with Crippen molar-refractivity contribution in [1.82, 2.24) is 0 Å². The number of nitrogens with zero attached hydrogens (tertiary/aromatic N) is 1. The fourth-order valence-electron chi connectivity index (χ4n) is 3.79. The van der Waals surface area contributed by atoms with Gasteiger partial charge in [-0.3, -0.25) is 4.79 Å². The molecule has 1 aromatic rings. The van der Waals surface area contributed by atoms with E-state index in [1.165, 1.54) is 11.3 Å². The summed E-state index contributed by atoms with van der Waals surface area (Å²) in [5.74, 6) is 1.86. The maximum absolute atomic E-state index is 11.9. The molecule has 1 fully saturated rings. The average Bonchev–Trinajstić information content (AvgIpc) is 2.85. The van der Waals surface area contributed by atoms with Gasteiger partial charge in [0.25, 0.3) is 0 Å². The molecule has 3 rings (SSSR count). The van der Waals surface area contributed by atoms with Crippen molar-refractivity contribution in [2.24, 2.45) is 0 Å². The lowest BCUT2D eigenvalue weighted by atomic mass is 9.67. The summed E-state index contributed by atoms with van der Waals surface area (Å²) < 4.78 is 13.0. The molecule has 112 valence electrons. The molecule has 0 bridgehead atoms. The Morgan fingerprint density at radius 3 is 2.62 bits per heavy atom. The number of carbonyl (C=O) groups excluding carboxylic acids is 1. The topological polar surface area (TPSA) is 38.5 Å². The first-order valence-corrected chi connectivity index (χ1v) is 7.42. The lowest BCUT2D eigenvalue weighted by Crippen LogP contribution is -2.40. The van der Waals surface area contributed by atoms with Crippen LogP contribution in [0.4, 0.5) is 0 Å². The van der Waals surface area contributed by atoms with Gasteiger partial charge in [0, 0.05) is 12.8 Å². The molecule has 1 heterocycles. The molecule has 0 saturated heterocycles. The van der Waals surface area contributed by atoms with E-state index in [1.54, 1.807) is 14.2 Å². The summed E-state index contributed by atoms with van der Waals surface area (Å²) in [6.07, 6.45) is 3.24. The summed E-state index contributed by atoms with van der Waals surface area (Å²) in [5, 5.41) is 0. The van der Waals surface area contributed by atoms with Crippen molar-refractivity contribution in [2.45, 2.75) is 31.1 Å². The van der Waals surface area contributed by atoms with Crippen LogP contribution in [0.3, 0.4) is 0 Å². The smallest absolute Gasteiger partial charge is 0.170 e. The minimum absolute atomic E-state index is 0.00219. The van der Waals surface area contributed by atoms with E-state index in [1.807, 2.05) is 6.07 Å². The zero-order valence-electron chi connectivity index (χ0n) is 12.9. The summed E-state index contributed by atoms with van der Waals surface area (Å²) in [6.45, 7) is 1.01. The van der Waals surface area contributed by atoms with Crippen molar-refractivity contribution in [3.8, 4) is 11.5 Å². The number of ketones is 1. The van der Waals surface area contributed by atoms with Crippen LogP contribution in [0.1, 0.15) is 31.2 Å². The zero-order valence-corrected chi connectivity index (χ0v) is 12.9. The molecule has 21 heavy (non-hydrogen) atoms. The average molecular weight is 288 g/mol. The second-order valence-electron chi connectivity index (χ2n) is 5.99. The molecule has 4 heteroatoms. The van der Waals surface area contributed by atoms with Gasteiger partial charge in [-0.05, 0) is 24.1 Å². The molecule has 0 aromatic heterocycles. The van der Waals surface area contributed by atoms with Crippen molar-refractivity contribution >= 4 is 11.5 Å². The normalized spacial score (nSPS) is 25.0. The third-order valence-corrected chi connectivity index (χ3v) is 5.02. The molecule has 1 atom stereocenters. The Labute approximate surface area is 125 Å². The number of hydrogen-bond acceptors (Lipinski definition) is 3. The van der Waals surface area contributed by atoms with Gasteiger partial charge in [-0.15, -0.1) is 0 Å². The minimum atomic E-state index is 0.00219. The summed E-state index contributed by atoms with van der Waals surface area (Å²) in [4.78, 5) is 11.9. The maximum atomic E-state index is 11.9. The molecule has 1 aliphatic carbocycles. The minimum Gasteiger partial charge on any atom is -0.493 e. The van der Waals surface area contributed by atoms with Crippen LogP contribution in [-0.2, 0) is 10.2 Å².